The smallest absolute Gasteiger partial charge is 0.187 e. The van der Waals surface area contributed by atoms with Crippen molar-refractivity contribution in [3.05, 3.63) is 0 Å². The van der Waals surface area contributed by atoms with Crippen LogP contribution in [0.25, 0.3) is 0 Å². The highest BCUT2D eigenvalue weighted by atomic mass is 16.7. The van der Waals surface area contributed by atoms with E-state index in [0.29, 0.717) is 0 Å². The van der Waals surface area contributed by atoms with Gasteiger partial charge in [-0.15, -0.1) is 0 Å². The van der Waals surface area contributed by atoms with Crippen molar-refractivity contribution in [2.45, 2.75) is 55.1 Å². The highest BCUT2D eigenvalue weighted by Crippen LogP contribution is 2.25. The molecular formula is C12H23NO9. The lowest BCUT2D eigenvalue weighted by molar-refractivity contribution is -0.324. The first-order valence-corrected chi connectivity index (χ1v) is 7.07. The maximum absolute atomic E-state index is 9.97. The summed E-state index contributed by atoms with van der Waals surface area (Å²) in [6, 6.07) is -0.717. The molecule has 10 heteroatoms. The number of rotatable bonds is 4. The van der Waals surface area contributed by atoms with Crippen molar-refractivity contribution in [3.8, 4) is 0 Å². The summed E-state index contributed by atoms with van der Waals surface area (Å²) in [4.78, 5) is 0. The lowest BCUT2D eigenvalue weighted by atomic mass is 9.95. The van der Waals surface area contributed by atoms with E-state index in [0.717, 1.165) is 0 Å². The summed E-state index contributed by atoms with van der Waals surface area (Å²) in [6.45, 7) is -0.949. The van der Waals surface area contributed by atoms with Crippen LogP contribution in [0, 0.1) is 0 Å². The van der Waals surface area contributed by atoms with Crippen LogP contribution in [0.4, 0.5) is 0 Å². The lowest BCUT2D eigenvalue weighted by Gasteiger charge is -2.44. The largest absolute Gasteiger partial charge is 0.395 e. The molecule has 2 fully saturated rings. The highest BCUT2D eigenvalue weighted by molar-refractivity contribution is 4.95. The maximum atomic E-state index is 9.97. The Bertz CT molecular complexity index is 355. The van der Waals surface area contributed by atoms with Crippen molar-refractivity contribution >= 4 is 0 Å². The van der Waals surface area contributed by atoms with Gasteiger partial charge in [-0.2, -0.15) is 0 Å². The molecular weight excluding hydrogens is 302 g/mol. The van der Waals surface area contributed by atoms with Gasteiger partial charge in [-0.1, -0.05) is 0 Å². The van der Waals surface area contributed by atoms with Crippen molar-refractivity contribution in [1.29, 1.82) is 0 Å². The van der Waals surface area contributed by atoms with E-state index in [1.165, 1.54) is 0 Å². The molecule has 2 aliphatic heterocycles. The van der Waals surface area contributed by atoms with E-state index in [1.54, 1.807) is 0 Å². The van der Waals surface area contributed by atoms with Crippen molar-refractivity contribution in [1.82, 2.24) is 5.32 Å². The third-order valence-corrected chi connectivity index (χ3v) is 4.05. The monoisotopic (exact) mass is 325 g/mol. The average molecular weight is 325 g/mol. The Labute approximate surface area is 126 Å². The standard InChI is InChI=1S/C12H23NO9/c14-2-4-11(7(17)5(16)1-13-4)22-12-10(20)9(19)8(18)6(3-15)21-12/h4-20H,1-3H2/t4-,5+,6-,7+,8+,9-,10+,11+,12+/m0/s1. The molecule has 22 heavy (non-hydrogen) atoms. The molecule has 0 saturated carbocycles. The van der Waals surface area contributed by atoms with Crippen molar-refractivity contribution < 1.29 is 45.2 Å². The van der Waals surface area contributed by atoms with Gasteiger partial charge in [0.15, 0.2) is 6.29 Å². The van der Waals surface area contributed by atoms with E-state index < -0.39 is 68.3 Å². The molecule has 10 nitrogen and oxygen atoms in total. The quantitative estimate of drug-likeness (QED) is 0.250. The zero-order valence-electron chi connectivity index (χ0n) is 11.8. The number of hydrogen-bond acceptors (Lipinski definition) is 10. The van der Waals surface area contributed by atoms with Crippen molar-refractivity contribution in [3.63, 3.8) is 0 Å². The van der Waals surface area contributed by atoms with Crippen LogP contribution in [-0.4, -0.2) is 111 Å². The van der Waals surface area contributed by atoms with Crippen molar-refractivity contribution in [2.24, 2.45) is 0 Å². The Kier molecular flexibility index (Phi) is 6.07. The molecule has 0 spiro atoms. The molecule has 0 aromatic carbocycles. The number of aliphatic hydroxyl groups excluding tert-OH is 7. The van der Waals surface area contributed by atoms with Crippen LogP contribution >= 0.6 is 0 Å². The van der Waals surface area contributed by atoms with Crippen LogP contribution in [-0.2, 0) is 9.47 Å². The summed E-state index contributed by atoms with van der Waals surface area (Å²) in [5, 5.41) is 70.0. The van der Waals surface area contributed by atoms with Gasteiger partial charge in [0.2, 0.25) is 0 Å². The number of nitrogens with one attached hydrogen (secondary N) is 1. The zero-order chi connectivity index (χ0) is 16.4. The lowest BCUT2D eigenvalue weighted by Crippen LogP contribution is -2.65. The predicted molar refractivity (Wildman–Crippen MR) is 69.5 cm³/mol. The molecule has 2 aliphatic rings. The van der Waals surface area contributed by atoms with Crippen LogP contribution < -0.4 is 5.32 Å². The summed E-state index contributed by atoms with van der Waals surface area (Å²) in [5.41, 5.74) is 0. The van der Waals surface area contributed by atoms with E-state index in [-0.39, 0.29) is 6.54 Å². The second-order valence-electron chi connectivity index (χ2n) is 5.55. The number of aliphatic hydroxyl groups is 7. The van der Waals surface area contributed by atoms with E-state index in [1.807, 2.05) is 0 Å². The van der Waals surface area contributed by atoms with Gasteiger partial charge < -0.3 is 50.5 Å². The fourth-order valence-corrected chi connectivity index (χ4v) is 2.64. The number of piperidine rings is 1. The Balaban J connectivity index is 2.09. The van der Waals surface area contributed by atoms with Crippen LogP contribution in [0.15, 0.2) is 0 Å². The van der Waals surface area contributed by atoms with E-state index in [9.17, 15) is 30.6 Å². The molecule has 8 N–H and O–H groups in total. The van der Waals surface area contributed by atoms with Crippen LogP contribution in [0.2, 0.25) is 0 Å². The fraction of sp³-hybridized carbons (Fsp3) is 1.00. The van der Waals surface area contributed by atoms with Crippen LogP contribution in [0.5, 0.6) is 0 Å². The minimum absolute atomic E-state index is 0.0565. The SMILES string of the molecule is OC[C@@H]1NC[C@@H](O)[C@@H](O)[C@@H]1O[C@H]1O[C@@H](CO)[C@@H](O)[C@H](O)[C@H]1O. The topological polar surface area (TPSA) is 172 Å². The fourth-order valence-electron chi connectivity index (χ4n) is 2.64. The minimum Gasteiger partial charge on any atom is -0.395 e. The first-order chi connectivity index (χ1) is 10.4. The van der Waals surface area contributed by atoms with Gasteiger partial charge in [-0.25, -0.2) is 0 Å². The third kappa shape index (κ3) is 3.41. The maximum Gasteiger partial charge on any atom is 0.187 e. The molecule has 2 heterocycles. The van der Waals surface area contributed by atoms with Crippen LogP contribution in [0.1, 0.15) is 0 Å². The Morgan fingerprint density at radius 1 is 0.909 bits per heavy atom. The van der Waals surface area contributed by atoms with E-state index in [4.69, 9.17) is 14.6 Å². The summed E-state index contributed by atoms with van der Waals surface area (Å²) < 4.78 is 10.6. The van der Waals surface area contributed by atoms with E-state index in [2.05, 4.69) is 5.32 Å². The van der Waals surface area contributed by atoms with Crippen molar-refractivity contribution in [2.75, 3.05) is 19.8 Å². The Morgan fingerprint density at radius 2 is 1.59 bits per heavy atom. The minimum atomic E-state index is -1.62. The average Bonchev–Trinajstić information content (AvgIpc) is 2.52. The molecule has 0 amide bonds. The van der Waals surface area contributed by atoms with Gasteiger partial charge in [0.1, 0.15) is 36.6 Å². The van der Waals surface area contributed by atoms with Crippen LogP contribution in [0.3, 0.4) is 0 Å². The molecule has 0 radical (unpaired) electrons. The summed E-state index contributed by atoms with van der Waals surface area (Å²) in [5.74, 6) is 0. The Morgan fingerprint density at radius 3 is 2.18 bits per heavy atom. The zero-order valence-corrected chi connectivity index (χ0v) is 11.8. The Hall–Kier alpha value is -0.400. The molecule has 2 saturated heterocycles. The molecule has 0 aliphatic carbocycles. The number of β-amino-alcohol motifs (C(OH)–C–C–N with tert-alkyl or cyclic N) is 1. The molecule has 0 unspecified atom stereocenters. The second kappa shape index (κ2) is 7.45. The summed E-state index contributed by atoms with van der Waals surface area (Å²) in [6.07, 6.45) is -10.9. The number of hydrogen-bond donors (Lipinski definition) is 8. The number of ether oxygens (including phenoxy) is 2. The summed E-state index contributed by atoms with van der Waals surface area (Å²) in [7, 11) is 0. The van der Waals surface area contributed by atoms with Gasteiger partial charge >= 0.3 is 0 Å². The van der Waals surface area contributed by atoms with Gasteiger partial charge in [0, 0.05) is 6.54 Å². The molecule has 2 rings (SSSR count). The van der Waals surface area contributed by atoms with Gasteiger partial charge in [0.05, 0.1) is 25.4 Å². The highest BCUT2D eigenvalue weighted by Gasteiger charge is 2.47. The molecule has 9 atom stereocenters. The predicted octanol–water partition coefficient (Wildman–Crippen LogP) is -5.14. The summed E-state index contributed by atoms with van der Waals surface area (Å²) >= 11 is 0. The van der Waals surface area contributed by atoms with Gasteiger partial charge in [-0.05, 0) is 0 Å². The molecule has 0 aromatic rings. The van der Waals surface area contributed by atoms with E-state index >= 15 is 0 Å². The third-order valence-electron chi connectivity index (χ3n) is 4.05. The first-order valence-electron chi connectivity index (χ1n) is 7.07. The first kappa shape index (κ1) is 17.9. The second-order valence-corrected chi connectivity index (χ2v) is 5.55. The van der Waals surface area contributed by atoms with Gasteiger partial charge in [0.25, 0.3) is 0 Å². The normalized spacial score (nSPS) is 50.0. The molecule has 0 bridgehead atoms. The van der Waals surface area contributed by atoms with Gasteiger partial charge in [-0.3, -0.25) is 0 Å². The molecule has 130 valence electrons. The molecule has 0 aromatic heterocycles.